The molecule has 0 bridgehead atoms. The third-order valence-corrected chi connectivity index (χ3v) is 5.20. The molecule has 2 rings (SSSR count). The molecule has 0 radical (unpaired) electrons. The molecule has 7 heteroatoms. The summed E-state index contributed by atoms with van der Waals surface area (Å²) in [6.45, 7) is 9.44. The molecule has 0 aliphatic carbocycles. The number of nitrogens with one attached hydrogen (secondary N) is 2. The van der Waals surface area contributed by atoms with Crippen LogP contribution in [0.2, 0.25) is 5.02 Å². The topological polar surface area (TPSA) is 69.1 Å². The van der Waals surface area contributed by atoms with Crippen molar-refractivity contribution in [1.82, 2.24) is 15.5 Å². The van der Waals surface area contributed by atoms with Crippen LogP contribution in [0.5, 0.6) is 5.75 Å². The summed E-state index contributed by atoms with van der Waals surface area (Å²) in [7, 11) is 0. The van der Waals surface area contributed by atoms with Gasteiger partial charge in [-0.2, -0.15) is 0 Å². The molecule has 1 aliphatic heterocycles. The highest BCUT2D eigenvalue weighted by molar-refractivity contribution is 6.32. The second-order valence-electron chi connectivity index (χ2n) is 7.15. The van der Waals surface area contributed by atoms with Crippen molar-refractivity contribution in [3.05, 3.63) is 29.3 Å². The van der Waals surface area contributed by atoms with E-state index in [4.69, 9.17) is 16.3 Å². The lowest BCUT2D eigenvalue weighted by atomic mass is 10.1. The van der Waals surface area contributed by atoms with E-state index in [-0.39, 0.29) is 12.2 Å². The second kappa shape index (κ2) is 12.9. The lowest BCUT2D eigenvalue weighted by molar-refractivity contribution is 0.0823. The number of aliphatic hydroxyl groups is 1. The largest absolute Gasteiger partial charge is 0.487 e. The van der Waals surface area contributed by atoms with E-state index in [1.165, 1.54) is 0 Å². The molecule has 1 fully saturated rings. The first kappa shape index (κ1) is 22.8. The van der Waals surface area contributed by atoms with Crippen molar-refractivity contribution in [1.29, 1.82) is 0 Å². The third-order valence-electron chi connectivity index (χ3n) is 4.88. The van der Waals surface area contributed by atoms with Crippen molar-refractivity contribution in [3.63, 3.8) is 0 Å². The van der Waals surface area contributed by atoms with Crippen LogP contribution in [0.4, 0.5) is 0 Å². The first-order valence-electron chi connectivity index (χ1n) is 10.5. The number of ether oxygens (including phenoxy) is 1. The van der Waals surface area contributed by atoms with Crippen LogP contribution in [-0.4, -0.2) is 67.4 Å². The highest BCUT2D eigenvalue weighted by Gasteiger charge is 2.16. The Morgan fingerprint density at radius 1 is 1.29 bits per heavy atom. The fourth-order valence-corrected chi connectivity index (χ4v) is 3.34. The number of aliphatic hydroxyl groups excluding tert-OH is 1. The Kier molecular flexibility index (Phi) is 10.5. The minimum Gasteiger partial charge on any atom is -0.487 e. The van der Waals surface area contributed by atoms with Crippen LogP contribution in [0.3, 0.4) is 0 Å². The van der Waals surface area contributed by atoms with E-state index in [9.17, 15) is 5.11 Å². The van der Waals surface area contributed by atoms with Gasteiger partial charge in [0.1, 0.15) is 11.9 Å². The van der Waals surface area contributed by atoms with E-state index < -0.39 is 0 Å². The second-order valence-corrected chi connectivity index (χ2v) is 7.56. The van der Waals surface area contributed by atoms with Crippen LogP contribution in [0.1, 0.15) is 39.5 Å². The van der Waals surface area contributed by atoms with E-state index in [2.05, 4.69) is 34.4 Å². The standard InChI is InChI=1S/C21H35ClN4O2/c1-3-18(28-20-9-6-5-8-19(20)22)16-25-21(23-4-2)24-12-7-13-26-14-10-17(27)11-15-26/h5-6,8-9,17-18,27H,3-4,7,10-16H2,1-2H3,(H2,23,24,25). The number of guanidine groups is 1. The van der Waals surface area contributed by atoms with Gasteiger partial charge < -0.3 is 25.4 Å². The first-order valence-corrected chi connectivity index (χ1v) is 10.8. The van der Waals surface area contributed by atoms with Gasteiger partial charge in [-0.1, -0.05) is 30.7 Å². The van der Waals surface area contributed by atoms with Crippen LogP contribution >= 0.6 is 11.6 Å². The Labute approximate surface area is 174 Å². The fourth-order valence-electron chi connectivity index (χ4n) is 3.16. The minimum absolute atomic E-state index is 0.0184. The summed E-state index contributed by atoms with van der Waals surface area (Å²) in [6.07, 6.45) is 3.56. The van der Waals surface area contributed by atoms with Gasteiger partial charge in [0.05, 0.1) is 17.7 Å². The molecule has 1 aliphatic rings. The number of rotatable bonds is 10. The quantitative estimate of drug-likeness (QED) is 0.314. The van der Waals surface area contributed by atoms with Gasteiger partial charge in [0, 0.05) is 26.2 Å². The minimum atomic E-state index is -0.110. The Hall–Kier alpha value is -1.50. The van der Waals surface area contributed by atoms with Crippen LogP contribution in [0.25, 0.3) is 0 Å². The maximum Gasteiger partial charge on any atom is 0.191 e. The molecule has 1 atom stereocenters. The molecular formula is C21H35ClN4O2. The molecule has 28 heavy (non-hydrogen) atoms. The van der Waals surface area contributed by atoms with Crippen LogP contribution in [0, 0.1) is 0 Å². The lowest BCUT2D eigenvalue weighted by Crippen LogP contribution is -2.41. The number of nitrogens with zero attached hydrogens (tertiary/aromatic N) is 2. The van der Waals surface area contributed by atoms with Gasteiger partial charge in [-0.15, -0.1) is 0 Å². The smallest absolute Gasteiger partial charge is 0.191 e. The molecule has 0 saturated carbocycles. The number of para-hydroxylation sites is 1. The summed E-state index contributed by atoms with van der Waals surface area (Å²) in [5.41, 5.74) is 0. The zero-order chi connectivity index (χ0) is 20.2. The monoisotopic (exact) mass is 410 g/mol. The number of halogens is 1. The summed E-state index contributed by atoms with van der Waals surface area (Å²) in [5, 5.41) is 16.9. The number of benzene rings is 1. The zero-order valence-electron chi connectivity index (χ0n) is 17.2. The van der Waals surface area contributed by atoms with Crippen molar-refractivity contribution in [2.24, 2.45) is 4.99 Å². The molecule has 1 heterocycles. The summed E-state index contributed by atoms with van der Waals surface area (Å²) >= 11 is 6.19. The molecule has 158 valence electrons. The Bertz CT molecular complexity index is 592. The average molecular weight is 411 g/mol. The summed E-state index contributed by atoms with van der Waals surface area (Å²) in [5.74, 6) is 1.52. The predicted octanol–water partition coefficient (Wildman–Crippen LogP) is 2.90. The van der Waals surface area contributed by atoms with Gasteiger partial charge in [0.2, 0.25) is 0 Å². The highest BCUT2D eigenvalue weighted by atomic mass is 35.5. The van der Waals surface area contributed by atoms with Crippen LogP contribution < -0.4 is 15.4 Å². The van der Waals surface area contributed by atoms with E-state index in [1.807, 2.05) is 24.3 Å². The molecule has 0 spiro atoms. The maximum atomic E-state index is 9.58. The van der Waals surface area contributed by atoms with E-state index in [0.717, 1.165) is 64.4 Å². The fraction of sp³-hybridized carbons (Fsp3) is 0.667. The molecule has 0 aromatic heterocycles. The maximum absolute atomic E-state index is 9.58. The number of likely N-dealkylation sites (tertiary alicyclic amines) is 1. The zero-order valence-corrected chi connectivity index (χ0v) is 17.9. The van der Waals surface area contributed by atoms with Crippen molar-refractivity contribution in [2.45, 2.75) is 51.7 Å². The SMILES string of the molecule is CCNC(=NCC(CC)Oc1ccccc1Cl)NCCCN1CCC(O)CC1. The van der Waals surface area contributed by atoms with Crippen LogP contribution in [0.15, 0.2) is 29.3 Å². The summed E-state index contributed by atoms with van der Waals surface area (Å²) < 4.78 is 6.01. The van der Waals surface area contributed by atoms with Gasteiger partial charge in [-0.25, -0.2) is 4.99 Å². The number of hydrogen-bond donors (Lipinski definition) is 3. The predicted molar refractivity (Wildman–Crippen MR) is 116 cm³/mol. The molecule has 6 nitrogen and oxygen atoms in total. The molecule has 0 amide bonds. The molecule has 1 unspecified atom stereocenters. The van der Waals surface area contributed by atoms with Gasteiger partial charge in [-0.05, 0) is 51.3 Å². The third kappa shape index (κ3) is 8.25. The summed E-state index contributed by atoms with van der Waals surface area (Å²) in [4.78, 5) is 7.10. The first-order chi connectivity index (χ1) is 13.6. The van der Waals surface area contributed by atoms with E-state index in [1.54, 1.807) is 0 Å². The molecule has 1 aromatic carbocycles. The number of piperidine rings is 1. The lowest BCUT2D eigenvalue weighted by Gasteiger charge is -2.29. The van der Waals surface area contributed by atoms with Crippen molar-refractivity contribution in [3.8, 4) is 5.75 Å². The van der Waals surface area contributed by atoms with Crippen molar-refractivity contribution in [2.75, 3.05) is 39.3 Å². The Morgan fingerprint density at radius 3 is 2.71 bits per heavy atom. The normalized spacial score (nSPS) is 17.4. The highest BCUT2D eigenvalue weighted by Crippen LogP contribution is 2.24. The van der Waals surface area contributed by atoms with Crippen molar-refractivity contribution >= 4 is 17.6 Å². The molecular weight excluding hydrogens is 376 g/mol. The van der Waals surface area contributed by atoms with Gasteiger partial charge in [0.15, 0.2) is 5.96 Å². The van der Waals surface area contributed by atoms with Crippen LogP contribution in [-0.2, 0) is 0 Å². The number of hydrogen-bond acceptors (Lipinski definition) is 4. The Morgan fingerprint density at radius 2 is 2.04 bits per heavy atom. The molecule has 1 aromatic rings. The van der Waals surface area contributed by atoms with Gasteiger partial charge in [0.25, 0.3) is 0 Å². The van der Waals surface area contributed by atoms with E-state index >= 15 is 0 Å². The Balaban J connectivity index is 1.75. The van der Waals surface area contributed by atoms with Crippen molar-refractivity contribution < 1.29 is 9.84 Å². The number of aliphatic imine (C=N–C) groups is 1. The average Bonchev–Trinajstić information content (AvgIpc) is 2.70. The van der Waals surface area contributed by atoms with E-state index in [0.29, 0.717) is 17.3 Å². The van der Waals surface area contributed by atoms with Gasteiger partial charge >= 0.3 is 0 Å². The molecule has 1 saturated heterocycles. The van der Waals surface area contributed by atoms with Gasteiger partial charge in [-0.3, -0.25) is 0 Å². The summed E-state index contributed by atoms with van der Waals surface area (Å²) in [6, 6.07) is 7.54. The molecule has 3 N–H and O–H groups in total.